The number of hydrogen-bond donors (Lipinski definition) is 1. The summed E-state index contributed by atoms with van der Waals surface area (Å²) >= 11 is 3.17. The summed E-state index contributed by atoms with van der Waals surface area (Å²) < 4.78 is 6.90. The maximum Gasteiger partial charge on any atom is 0.263 e. The zero-order chi connectivity index (χ0) is 17.8. The van der Waals surface area contributed by atoms with Crippen LogP contribution in [0.15, 0.2) is 9.95 Å². The van der Waals surface area contributed by atoms with Gasteiger partial charge in [-0.1, -0.05) is 11.8 Å². The van der Waals surface area contributed by atoms with Gasteiger partial charge in [0.2, 0.25) is 5.91 Å². The van der Waals surface area contributed by atoms with E-state index in [1.807, 2.05) is 0 Å². The Kier molecular flexibility index (Phi) is 6.14. The molecule has 2 aromatic heterocycles. The van der Waals surface area contributed by atoms with Crippen molar-refractivity contribution in [1.82, 2.24) is 14.9 Å². The molecule has 0 saturated carbocycles. The van der Waals surface area contributed by atoms with Gasteiger partial charge in [-0.25, -0.2) is 4.98 Å². The van der Waals surface area contributed by atoms with E-state index in [2.05, 4.69) is 5.32 Å². The van der Waals surface area contributed by atoms with E-state index in [1.165, 1.54) is 35.5 Å². The Hall–Kier alpha value is -1.38. The number of thioether (sulfide) groups is 1. The van der Waals surface area contributed by atoms with Crippen LogP contribution in [0.25, 0.3) is 10.2 Å². The summed E-state index contributed by atoms with van der Waals surface area (Å²) in [6.45, 7) is 3.02. The van der Waals surface area contributed by atoms with E-state index in [1.54, 1.807) is 23.0 Å². The number of hydrogen-bond acceptors (Lipinski definition) is 6. The van der Waals surface area contributed by atoms with Crippen LogP contribution in [-0.4, -0.2) is 41.5 Å². The summed E-state index contributed by atoms with van der Waals surface area (Å²) in [7, 11) is 1.63. The number of nitrogens with zero attached hydrogens (tertiary/aromatic N) is 2. The monoisotopic (exact) mass is 381 g/mol. The number of fused-ring (bicyclic) bond motifs is 3. The third kappa shape index (κ3) is 4.07. The van der Waals surface area contributed by atoms with Crippen LogP contribution in [0.3, 0.4) is 0 Å². The molecule has 3 rings (SSSR count). The van der Waals surface area contributed by atoms with Gasteiger partial charge in [-0.15, -0.1) is 11.3 Å². The lowest BCUT2D eigenvalue weighted by atomic mass is 9.97. The topological polar surface area (TPSA) is 73.2 Å². The van der Waals surface area contributed by atoms with E-state index >= 15 is 0 Å². The fourth-order valence-corrected chi connectivity index (χ4v) is 5.26. The Balaban J connectivity index is 1.96. The lowest BCUT2D eigenvalue weighted by molar-refractivity contribution is -0.118. The fraction of sp³-hybridized carbons (Fsp3) is 0.588. The standard InChI is InChI=1S/C17H23N3O3S2/c1-11(21)18-7-10-24-17-19-15-14(16(22)20(17)8-9-23-2)12-5-3-4-6-13(12)25-15/h3-10H2,1-2H3,(H,18,21). The van der Waals surface area contributed by atoms with E-state index in [9.17, 15) is 9.59 Å². The van der Waals surface area contributed by atoms with Gasteiger partial charge in [-0.3, -0.25) is 14.2 Å². The number of aromatic nitrogens is 2. The van der Waals surface area contributed by atoms with Gasteiger partial charge in [0, 0.05) is 31.2 Å². The second-order valence-electron chi connectivity index (χ2n) is 6.07. The first-order chi connectivity index (χ1) is 12.1. The van der Waals surface area contributed by atoms with Gasteiger partial charge in [-0.2, -0.15) is 0 Å². The van der Waals surface area contributed by atoms with Gasteiger partial charge in [0.05, 0.1) is 18.5 Å². The van der Waals surface area contributed by atoms with Crippen LogP contribution in [-0.2, 0) is 28.9 Å². The van der Waals surface area contributed by atoms with Crippen molar-refractivity contribution in [3.8, 4) is 0 Å². The smallest absolute Gasteiger partial charge is 0.263 e. The van der Waals surface area contributed by atoms with Gasteiger partial charge in [0.25, 0.3) is 5.56 Å². The molecule has 1 N–H and O–H groups in total. The predicted molar refractivity (Wildman–Crippen MR) is 102 cm³/mol. The number of methoxy groups -OCH3 is 1. The quantitative estimate of drug-likeness (QED) is 0.452. The third-order valence-electron chi connectivity index (χ3n) is 4.27. The fourth-order valence-electron chi connectivity index (χ4n) is 3.08. The highest BCUT2D eigenvalue weighted by Gasteiger charge is 2.22. The zero-order valence-corrected chi connectivity index (χ0v) is 16.2. The maximum absolute atomic E-state index is 13.1. The number of nitrogens with one attached hydrogen (secondary N) is 1. The molecule has 1 amide bonds. The van der Waals surface area contributed by atoms with Gasteiger partial charge in [-0.05, 0) is 31.2 Å². The second kappa shape index (κ2) is 8.33. The maximum atomic E-state index is 13.1. The number of rotatable bonds is 7. The first-order valence-corrected chi connectivity index (χ1v) is 10.3. The molecule has 0 radical (unpaired) electrons. The van der Waals surface area contributed by atoms with E-state index in [0.29, 0.717) is 30.6 Å². The minimum absolute atomic E-state index is 0.0449. The van der Waals surface area contributed by atoms with Crippen LogP contribution >= 0.6 is 23.1 Å². The molecule has 6 nitrogen and oxygen atoms in total. The number of carbonyl (C=O) groups is 1. The van der Waals surface area contributed by atoms with Crippen molar-refractivity contribution in [2.24, 2.45) is 0 Å². The molecule has 0 spiro atoms. The zero-order valence-electron chi connectivity index (χ0n) is 14.6. The highest BCUT2D eigenvalue weighted by atomic mass is 32.2. The summed E-state index contributed by atoms with van der Waals surface area (Å²) in [5.41, 5.74) is 1.26. The first kappa shape index (κ1) is 18.4. The highest BCUT2D eigenvalue weighted by molar-refractivity contribution is 7.99. The van der Waals surface area contributed by atoms with Crippen molar-refractivity contribution >= 4 is 39.2 Å². The molecule has 2 heterocycles. The molecule has 1 aliphatic rings. The molecule has 25 heavy (non-hydrogen) atoms. The number of amides is 1. The molecule has 0 saturated heterocycles. The minimum Gasteiger partial charge on any atom is -0.383 e. The lowest BCUT2D eigenvalue weighted by Crippen LogP contribution is -2.26. The van der Waals surface area contributed by atoms with Crippen molar-refractivity contribution in [2.75, 3.05) is 26.0 Å². The summed E-state index contributed by atoms with van der Waals surface area (Å²) in [6, 6.07) is 0. The van der Waals surface area contributed by atoms with Crippen LogP contribution in [0.1, 0.15) is 30.2 Å². The number of ether oxygens (including phenoxy) is 1. The van der Waals surface area contributed by atoms with Crippen LogP contribution in [0.2, 0.25) is 0 Å². The Morgan fingerprint density at radius 3 is 2.96 bits per heavy atom. The molecular weight excluding hydrogens is 358 g/mol. The van der Waals surface area contributed by atoms with Crippen LogP contribution in [0.5, 0.6) is 0 Å². The molecule has 0 aliphatic heterocycles. The van der Waals surface area contributed by atoms with Gasteiger partial charge in [0.1, 0.15) is 4.83 Å². The van der Waals surface area contributed by atoms with Gasteiger partial charge >= 0.3 is 0 Å². The van der Waals surface area contributed by atoms with Crippen molar-refractivity contribution in [2.45, 2.75) is 44.3 Å². The van der Waals surface area contributed by atoms with E-state index in [4.69, 9.17) is 9.72 Å². The SMILES string of the molecule is COCCn1c(SCCNC(C)=O)nc2sc3c(c2c1=O)CCCC3. The molecule has 0 unspecified atom stereocenters. The number of carbonyl (C=O) groups excluding carboxylic acids is 1. The molecule has 8 heteroatoms. The molecule has 0 atom stereocenters. The predicted octanol–water partition coefficient (Wildman–Crippen LogP) is 2.21. The van der Waals surface area contributed by atoms with Crippen molar-refractivity contribution in [3.05, 3.63) is 20.8 Å². The largest absolute Gasteiger partial charge is 0.383 e. The van der Waals surface area contributed by atoms with Gasteiger partial charge < -0.3 is 10.1 Å². The van der Waals surface area contributed by atoms with Crippen molar-refractivity contribution in [1.29, 1.82) is 0 Å². The lowest BCUT2D eigenvalue weighted by Gasteiger charge is -2.13. The van der Waals surface area contributed by atoms with Crippen molar-refractivity contribution < 1.29 is 9.53 Å². The highest BCUT2D eigenvalue weighted by Crippen LogP contribution is 2.34. The van der Waals surface area contributed by atoms with Gasteiger partial charge in [0.15, 0.2) is 5.16 Å². The second-order valence-corrected chi connectivity index (χ2v) is 8.21. The van der Waals surface area contributed by atoms with Crippen LogP contribution in [0.4, 0.5) is 0 Å². The Morgan fingerprint density at radius 1 is 1.40 bits per heavy atom. The molecule has 0 bridgehead atoms. The average Bonchev–Trinajstić information content (AvgIpc) is 2.96. The summed E-state index contributed by atoms with van der Waals surface area (Å²) in [5.74, 6) is 0.627. The number of thiophene rings is 1. The number of aryl methyl sites for hydroxylation is 2. The minimum atomic E-state index is -0.0493. The van der Waals surface area contributed by atoms with Crippen LogP contribution in [0, 0.1) is 0 Å². The molecule has 0 fully saturated rings. The molecule has 0 aromatic carbocycles. The van der Waals surface area contributed by atoms with E-state index in [-0.39, 0.29) is 11.5 Å². The summed E-state index contributed by atoms with van der Waals surface area (Å²) in [5, 5.41) is 4.29. The Bertz CT molecular complexity index is 829. The molecule has 136 valence electrons. The molecular formula is C17H23N3O3S2. The molecule has 2 aromatic rings. The Labute approximate surface area is 155 Å². The normalized spacial score (nSPS) is 13.8. The third-order valence-corrected chi connectivity index (χ3v) is 6.43. The Morgan fingerprint density at radius 2 is 2.20 bits per heavy atom. The average molecular weight is 382 g/mol. The summed E-state index contributed by atoms with van der Waals surface area (Å²) in [4.78, 5) is 31.1. The molecule has 1 aliphatic carbocycles. The van der Waals surface area contributed by atoms with Crippen LogP contribution < -0.4 is 10.9 Å². The van der Waals surface area contributed by atoms with Crippen molar-refractivity contribution in [3.63, 3.8) is 0 Å². The van der Waals surface area contributed by atoms with E-state index < -0.39 is 0 Å². The van der Waals surface area contributed by atoms with E-state index in [0.717, 1.165) is 29.5 Å². The summed E-state index contributed by atoms with van der Waals surface area (Å²) in [6.07, 6.45) is 4.37. The first-order valence-electron chi connectivity index (χ1n) is 8.53.